The van der Waals surface area contributed by atoms with Crippen molar-refractivity contribution in [2.75, 3.05) is 22.8 Å². The van der Waals surface area contributed by atoms with Gasteiger partial charge in [0.25, 0.3) is 21.8 Å². The first-order valence-electron chi connectivity index (χ1n) is 12.5. The molecule has 0 atom stereocenters. The van der Waals surface area contributed by atoms with Crippen molar-refractivity contribution in [3.05, 3.63) is 119 Å². The van der Waals surface area contributed by atoms with E-state index >= 15 is 0 Å². The Balaban J connectivity index is 1.33. The molecule has 4 aromatic rings. The highest BCUT2D eigenvalue weighted by Gasteiger charge is 2.27. The Morgan fingerprint density at radius 2 is 1.61 bits per heavy atom. The maximum absolute atomic E-state index is 13.3. The molecule has 11 heteroatoms. The van der Waals surface area contributed by atoms with Gasteiger partial charge in [-0.3, -0.25) is 13.9 Å². The number of carbonyl (C=O) groups is 2. The molecule has 0 unspecified atom stereocenters. The third-order valence-corrected chi connectivity index (χ3v) is 7.72. The largest absolute Gasteiger partial charge is 0.484 e. The van der Waals surface area contributed by atoms with E-state index in [1.54, 1.807) is 91.0 Å². The first kappa shape index (κ1) is 29.3. The van der Waals surface area contributed by atoms with Gasteiger partial charge in [-0.25, -0.2) is 13.8 Å². The molecule has 0 aliphatic carbocycles. The number of sulfonamides is 1. The Morgan fingerprint density at radius 1 is 0.902 bits per heavy atom. The van der Waals surface area contributed by atoms with Crippen LogP contribution in [0.5, 0.6) is 5.75 Å². The van der Waals surface area contributed by atoms with E-state index in [0.29, 0.717) is 27.7 Å². The van der Waals surface area contributed by atoms with Gasteiger partial charge in [0.15, 0.2) is 6.61 Å². The van der Waals surface area contributed by atoms with Crippen molar-refractivity contribution in [1.29, 1.82) is 0 Å². The Morgan fingerprint density at radius 3 is 2.29 bits per heavy atom. The van der Waals surface area contributed by atoms with Crippen molar-refractivity contribution in [1.82, 2.24) is 5.43 Å². The molecular formula is C30H27ClN4O5S. The number of anilines is 2. The molecule has 4 rings (SSSR count). The molecule has 41 heavy (non-hydrogen) atoms. The highest BCUT2D eigenvalue weighted by Crippen LogP contribution is 2.24. The minimum absolute atomic E-state index is 0.0705. The first-order valence-corrected chi connectivity index (χ1v) is 14.3. The fourth-order valence-electron chi connectivity index (χ4n) is 3.65. The SMILES string of the molecule is Cc1ccc(N(CC(=O)N/N=C\c2ccc(OCC(=O)Nc3cccc(Cl)c3)cc2)S(=O)(=O)c2ccccc2)cc1. The zero-order valence-electron chi connectivity index (χ0n) is 22.0. The van der Waals surface area contributed by atoms with Crippen LogP contribution in [0.3, 0.4) is 0 Å². The van der Waals surface area contributed by atoms with Crippen LogP contribution in [0.25, 0.3) is 0 Å². The summed E-state index contributed by atoms with van der Waals surface area (Å²) in [5.41, 5.74) is 4.91. The van der Waals surface area contributed by atoms with Crippen molar-refractivity contribution < 1.29 is 22.7 Å². The van der Waals surface area contributed by atoms with Gasteiger partial charge in [0.05, 0.1) is 16.8 Å². The van der Waals surface area contributed by atoms with Crippen LogP contribution in [0, 0.1) is 6.92 Å². The molecule has 0 fully saturated rings. The van der Waals surface area contributed by atoms with E-state index in [0.717, 1.165) is 9.87 Å². The van der Waals surface area contributed by atoms with Gasteiger partial charge in [0.1, 0.15) is 12.3 Å². The highest BCUT2D eigenvalue weighted by molar-refractivity contribution is 7.92. The van der Waals surface area contributed by atoms with E-state index in [-0.39, 0.29) is 17.4 Å². The van der Waals surface area contributed by atoms with Gasteiger partial charge in [-0.1, -0.05) is 53.6 Å². The minimum atomic E-state index is -4.00. The molecule has 0 spiro atoms. The maximum atomic E-state index is 13.3. The molecule has 0 bridgehead atoms. The van der Waals surface area contributed by atoms with E-state index in [1.807, 2.05) is 6.92 Å². The molecule has 0 aliphatic heterocycles. The fourth-order valence-corrected chi connectivity index (χ4v) is 5.28. The van der Waals surface area contributed by atoms with Gasteiger partial charge >= 0.3 is 0 Å². The molecule has 0 radical (unpaired) electrons. The average molecular weight is 591 g/mol. The number of amides is 2. The van der Waals surface area contributed by atoms with Crippen molar-refractivity contribution in [2.45, 2.75) is 11.8 Å². The molecule has 210 valence electrons. The average Bonchev–Trinajstić information content (AvgIpc) is 2.96. The van der Waals surface area contributed by atoms with E-state index in [2.05, 4.69) is 15.8 Å². The third-order valence-electron chi connectivity index (χ3n) is 5.70. The van der Waals surface area contributed by atoms with Crippen LogP contribution in [0.15, 0.2) is 113 Å². The number of nitrogens with zero attached hydrogens (tertiary/aromatic N) is 2. The summed E-state index contributed by atoms with van der Waals surface area (Å²) in [6.07, 6.45) is 1.41. The van der Waals surface area contributed by atoms with Crippen molar-refractivity contribution >= 4 is 51.0 Å². The summed E-state index contributed by atoms with van der Waals surface area (Å²) in [7, 11) is -4.00. The molecular weight excluding hydrogens is 564 g/mol. The number of ether oxygens (including phenoxy) is 1. The summed E-state index contributed by atoms with van der Waals surface area (Å²) in [5, 5.41) is 7.16. The van der Waals surface area contributed by atoms with E-state index < -0.39 is 22.5 Å². The molecule has 2 N–H and O–H groups in total. The molecule has 0 saturated carbocycles. The van der Waals surface area contributed by atoms with Crippen LogP contribution >= 0.6 is 11.6 Å². The van der Waals surface area contributed by atoms with Gasteiger partial charge in [-0.15, -0.1) is 0 Å². The number of nitrogens with one attached hydrogen (secondary N) is 2. The van der Waals surface area contributed by atoms with Gasteiger partial charge < -0.3 is 10.1 Å². The van der Waals surface area contributed by atoms with Gasteiger partial charge in [0, 0.05) is 10.7 Å². The standard InChI is InChI=1S/C30H27ClN4O5S/c1-22-10-14-26(15-11-22)35(41(38,39)28-8-3-2-4-9-28)20-29(36)34-32-19-23-12-16-27(17-13-23)40-21-30(37)33-25-7-5-6-24(31)18-25/h2-19H,20-21H2,1H3,(H,33,37)(H,34,36)/b32-19-. The van der Waals surface area contributed by atoms with Gasteiger partial charge in [-0.05, 0) is 79.2 Å². The molecule has 0 heterocycles. The summed E-state index contributed by atoms with van der Waals surface area (Å²) < 4.78 is 33.2. The predicted octanol–water partition coefficient (Wildman–Crippen LogP) is 5.01. The monoisotopic (exact) mass is 590 g/mol. The topological polar surface area (TPSA) is 117 Å². The highest BCUT2D eigenvalue weighted by atomic mass is 35.5. The maximum Gasteiger partial charge on any atom is 0.264 e. The molecule has 4 aromatic carbocycles. The number of carbonyl (C=O) groups excluding carboxylic acids is 2. The van der Waals surface area contributed by atoms with Crippen molar-refractivity contribution in [3.63, 3.8) is 0 Å². The van der Waals surface area contributed by atoms with Crippen LogP contribution in [0.4, 0.5) is 11.4 Å². The van der Waals surface area contributed by atoms with Crippen molar-refractivity contribution in [3.8, 4) is 5.75 Å². The lowest BCUT2D eigenvalue weighted by Gasteiger charge is -2.23. The van der Waals surface area contributed by atoms with Crippen molar-refractivity contribution in [2.24, 2.45) is 5.10 Å². The molecule has 0 aromatic heterocycles. The third kappa shape index (κ3) is 8.41. The Kier molecular flexibility index (Phi) is 9.73. The lowest BCUT2D eigenvalue weighted by atomic mass is 10.2. The number of hydrazone groups is 1. The zero-order valence-corrected chi connectivity index (χ0v) is 23.6. The smallest absolute Gasteiger partial charge is 0.264 e. The van der Waals surface area contributed by atoms with Crippen LogP contribution in [-0.2, 0) is 19.6 Å². The molecule has 2 amide bonds. The van der Waals surface area contributed by atoms with Crippen LogP contribution < -0.4 is 19.8 Å². The first-order chi connectivity index (χ1) is 19.7. The number of hydrogen-bond acceptors (Lipinski definition) is 6. The van der Waals surface area contributed by atoms with E-state index in [1.165, 1.54) is 18.3 Å². The summed E-state index contributed by atoms with van der Waals surface area (Å²) in [6.45, 7) is 1.22. The zero-order chi connectivity index (χ0) is 29.2. The second-order valence-corrected chi connectivity index (χ2v) is 11.2. The number of halogens is 1. The summed E-state index contributed by atoms with van der Waals surface area (Å²) >= 11 is 5.92. The quantitative estimate of drug-likeness (QED) is 0.188. The van der Waals surface area contributed by atoms with Crippen LogP contribution in [0.2, 0.25) is 5.02 Å². The van der Waals surface area contributed by atoms with Gasteiger partial charge in [0.2, 0.25) is 0 Å². The minimum Gasteiger partial charge on any atom is -0.484 e. The van der Waals surface area contributed by atoms with Crippen LogP contribution in [-0.4, -0.2) is 39.6 Å². The normalized spacial score (nSPS) is 11.2. The van der Waals surface area contributed by atoms with Gasteiger partial charge in [-0.2, -0.15) is 5.10 Å². The summed E-state index contributed by atoms with van der Waals surface area (Å²) in [6, 6.07) is 28.3. The lowest BCUT2D eigenvalue weighted by Crippen LogP contribution is -2.39. The van der Waals surface area contributed by atoms with Crippen LogP contribution in [0.1, 0.15) is 11.1 Å². The number of rotatable bonds is 11. The van der Waals surface area contributed by atoms with E-state index in [4.69, 9.17) is 16.3 Å². The van der Waals surface area contributed by atoms with E-state index in [9.17, 15) is 18.0 Å². The summed E-state index contributed by atoms with van der Waals surface area (Å²) in [4.78, 5) is 24.9. The Bertz CT molecular complexity index is 1630. The summed E-state index contributed by atoms with van der Waals surface area (Å²) in [5.74, 6) is -0.492. The predicted molar refractivity (Wildman–Crippen MR) is 160 cm³/mol. The second-order valence-electron chi connectivity index (χ2n) is 8.87. The molecule has 0 aliphatic rings. The second kappa shape index (κ2) is 13.6. The Labute approximate surface area is 243 Å². The molecule has 9 nitrogen and oxygen atoms in total. The Hall–Kier alpha value is -4.67. The number of hydrogen-bond donors (Lipinski definition) is 2. The lowest BCUT2D eigenvalue weighted by molar-refractivity contribution is -0.119. The fraction of sp³-hybridized carbons (Fsp3) is 0.100. The number of aryl methyl sites for hydroxylation is 1. The molecule has 0 saturated heterocycles. The number of benzene rings is 4.